The Labute approximate surface area is 118 Å². The highest BCUT2D eigenvalue weighted by molar-refractivity contribution is 5.82. The normalized spacial score (nSPS) is 11.6. The van der Waals surface area contributed by atoms with Gasteiger partial charge >= 0.3 is 12.0 Å². The van der Waals surface area contributed by atoms with Gasteiger partial charge in [-0.05, 0) is 24.1 Å². The van der Waals surface area contributed by atoms with E-state index in [0.29, 0.717) is 13.0 Å². The minimum atomic E-state index is -1.03. The quantitative estimate of drug-likeness (QED) is 0.831. The second-order valence-corrected chi connectivity index (χ2v) is 4.45. The van der Waals surface area contributed by atoms with Gasteiger partial charge < -0.3 is 20.1 Å². The van der Waals surface area contributed by atoms with Gasteiger partial charge in [-0.1, -0.05) is 19.1 Å². The molecule has 1 aromatic carbocycles. The van der Waals surface area contributed by atoms with Gasteiger partial charge in [0.25, 0.3) is 0 Å². The summed E-state index contributed by atoms with van der Waals surface area (Å²) in [5.74, 6) is -0.281. The fraction of sp³-hybridized carbons (Fsp3) is 0.429. The number of benzene rings is 1. The molecule has 0 radical (unpaired) electrons. The molecule has 6 nitrogen and oxygen atoms in total. The van der Waals surface area contributed by atoms with E-state index in [1.165, 1.54) is 4.90 Å². The summed E-state index contributed by atoms with van der Waals surface area (Å²) in [5.41, 5.74) is 0.937. The first-order valence-corrected chi connectivity index (χ1v) is 6.35. The number of aliphatic carboxylic acids is 1. The van der Waals surface area contributed by atoms with Crippen molar-refractivity contribution in [3.8, 4) is 5.75 Å². The van der Waals surface area contributed by atoms with Gasteiger partial charge in [-0.3, -0.25) is 0 Å². The number of methoxy groups -OCH3 is 1. The van der Waals surface area contributed by atoms with Crippen LogP contribution in [0.15, 0.2) is 24.3 Å². The molecule has 0 spiro atoms. The van der Waals surface area contributed by atoms with Gasteiger partial charge in [-0.15, -0.1) is 0 Å². The van der Waals surface area contributed by atoms with Crippen LogP contribution < -0.4 is 10.1 Å². The van der Waals surface area contributed by atoms with Crippen molar-refractivity contribution in [3.63, 3.8) is 0 Å². The first kappa shape index (κ1) is 15.8. The molecule has 0 aliphatic heterocycles. The highest BCUT2D eigenvalue weighted by atomic mass is 16.5. The van der Waals surface area contributed by atoms with Gasteiger partial charge in [-0.25, -0.2) is 9.59 Å². The second-order valence-electron chi connectivity index (χ2n) is 4.45. The maximum atomic E-state index is 11.9. The number of hydrogen-bond donors (Lipinski definition) is 2. The molecule has 20 heavy (non-hydrogen) atoms. The molecule has 0 aromatic heterocycles. The summed E-state index contributed by atoms with van der Waals surface area (Å²) in [6.45, 7) is 2.11. The van der Waals surface area contributed by atoms with Gasteiger partial charge in [0.2, 0.25) is 0 Å². The molecule has 0 heterocycles. The smallest absolute Gasteiger partial charge is 0.326 e. The Morgan fingerprint density at radius 2 is 1.95 bits per heavy atom. The zero-order valence-electron chi connectivity index (χ0n) is 11.9. The summed E-state index contributed by atoms with van der Waals surface area (Å²) >= 11 is 0. The lowest BCUT2D eigenvalue weighted by atomic mass is 10.2. The summed E-state index contributed by atoms with van der Waals surface area (Å²) in [7, 11) is 3.21. The predicted octanol–water partition coefficient (Wildman–Crippen LogP) is 1.70. The number of hydrogen-bond acceptors (Lipinski definition) is 3. The average molecular weight is 280 g/mol. The minimum Gasteiger partial charge on any atom is -0.497 e. The predicted molar refractivity (Wildman–Crippen MR) is 74.7 cm³/mol. The van der Waals surface area contributed by atoms with Crippen LogP contribution in [-0.2, 0) is 11.3 Å². The number of rotatable bonds is 6. The molecule has 2 amide bonds. The third-order valence-electron chi connectivity index (χ3n) is 2.93. The van der Waals surface area contributed by atoms with Crippen molar-refractivity contribution in [2.75, 3.05) is 14.2 Å². The third kappa shape index (κ3) is 4.46. The van der Waals surface area contributed by atoms with E-state index in [9.17, 15) is 9.59 Å². The van der Waals surface area contributed by atoms with Crippen LogP contribution in [-0.4, -0.2) is 42.2 Å². The van der Waals surface area contributed by atoms with Gasteiger partial charge in [0.05, 0.1) is 7.11 Å². The van der Waals surface area contributed by atoms with Gasteiger partial charge in [0.1, 0.15) is 11.8 Å². The number of urea groups is 1. The number of ether oxygens (including phenoxy) is 1. The molecule has 0 saturated heterocycles. The molecule has 110 valence electrons. The Kier molecular flexibility index (Phi) is 5.83. The molecule has 0 unspecified atom stereocenters. The molecule has 2 N–H and O–H groups in total. The fourth-order valence-corrected chi connectivity index (χ4v) is 1.67. The summed E-state index contributed by atoms with van der Waals surface area (Å²) in [4.78, 5) is 24.2. The van der Waals surface area contributed by atoms with Crippen molar-refractivity contribution in [1.82, 2.24) is 10.2 Å². The summed E-state index contributed by atoms with van der Waals surface area (Å²) in [6, 6.07) is 6.07. The molecule has 0 aliphatic carbocycles. The summed E-state index contributed by atoms with van der Waals surface area (Å²) in [6.07, 6.45) is 0.345. The molecule has 1 rings (SSSR count). The maximum Gasteiger partial charge on any atom is 0.326 e. The average Bonchev–Trinajstić information content (AvgIpc) is 2.44. The molecule has 0 aliphatic rings. The minimum absolute atomic E-state index is 0.345. The fourth-order valence-electron chi connectivity index (χ4n) is 1.67. The standard InChI is InChI=1S/C14H20N2O4/c1-4-12(13(17)18)15-14(19)16(2)9-10-5-7-11(20-3)8-6-10/h5-8,12H,4,9H2,1-3H3,(H,15,19)(H,17,18)/t12-/m0/s1. The van der Waals surface area contributed by atoms with Crippen LogP contribution in [0.25, 0.3) is 0 Å². The lowest BCUT2D eigenvalue weighted by molar-refractivity contribution is -0.139. The van der Waals surface area contributed by atoms with E-state index in [4.69, 9.17) is 9.84 Å². The Balaban J connectivity index is 2.58. The molecule has 0 bridgehead atoms. The zero-order valence-corrected chi connectivity index (χ0v) is 11.9. The van der Waals surface area contributed by atoms with E-state index in [1.807, 2.05) is 24.3 Å². The lowest BCUT2D eigenvalue weighted by Gasteiger charge is -2.21. The SMILES string of the molecule is CC[C@H](NC(=O)N(C)Cc1ccc(OC)cc1)C(=O)O. The van der Waals surface area contributed by atoms with E-state index < -0.39 is 18.0 Å². The first-order valence-electron chi connectivity index (χ1n) is 6.35. The second kappa shape index (κ2) is 7.37. The molecular formula is C14H20N2O4. The molecule has 0 fully saturated rings. The number of carboxylic acids is 1. The molecule has 1 atom stereocenters. The van der Waals surface area contributed by atoms with Crippen molar-refractivity contribution in [2.45, 2.75) is 25.9 Å². The van der Waals surface area contributed by atoms with Crippen molar-refractivity contribution >= 4 is 12.0 Å². The van der Waals surface area contributed by atoms with E-state index in [0.717, 1.165) is 11.3 Å². The molecule has 0 saturated carbocycles. The van der Waals surface area contributed by atoms with Crippen molar-refractivity contribution < 1.29 is 19.4 Å². The number of carbonyl (C=O) groups is 2. The Morgan fingerprint density at radius 3 is 2.40 bits per heavy atom. The van der Waals surface area contributed by atoms with Crippen molar-refractivity contribution in [2.24, 2.45) is 0 Å². The van der Waals surface area contributed by atoms with E-state index in [-0.39, 0.29) is 0 Å². The highest BCUT2D eigenvalue weighted by Gasteiger charge is 2.19. The van der Waals surface area contributed by atoms with Crippen LogP contribution >= 0.6 is 0 Å². The van der Waals surface area contributed by atoms with Gasteiger partial charge in [-0.2, -0.15) is 0 Å². The summed E-state index contributed by atoms with van der Waals surface area (Å²) < 4.78 is 5.06. The van der Waals surface area contributed by atoms with Crippen LogP contribution in [0.2, 0.25) is 0 Å². The summed E-state index contributed by atoms with van der Waals surface area (Å²) in [5, 5.41) is 11.4. The first-order chi connectivity index (χ1) is 9.47. The van der Waals surface area contributed by atoms with Crippen molar-refractivity contribution in [1.29, 1.82) is 0 Å². The van der Waals surface area contributed by atoms with Crippen LogP contribution in [0, 0.1) is 0 Å². The van der Waals surface area contributed by atoms with Crippen LogP contribution in [0.5, 0.6) is 5.75 Å². The largest absolute Gasteiger partial charge is 0.497 e. The number of amides is 2. The van der Waals surface area contributed by atoms with Crippen molar-refractivity contribution in [3.05, 3.63) is 29.8 Å². The van der Waals surface area contributed by atoms with Crippen LogP contribution in [0.4, 0.5) is 4.79 Å². The van der Waals surface area contributed by atoms with E-state index in [2.05, 4.69) is 5.32 Å². The van der Waals surface area contributed by atoms with E-state index >= 15 is 0 Å². The molecular weight excluding hydrogens is 260 g/mol. The zero-order chi connectivity index (χ0) is 15.1. The number of nitrogens with zero attached hydrogens (tertiary/aromatic N) is 1. The van der Waals surface area contributed by atoms with Gasteiger partial charge in [0.15, 0.2) is 0 Å². The monoisotopic (exact) mass is 280 g/mol. The molecule has 1 aromatic rings. The highest BCUT2D eigenvalue weighted by Crippen LogP contribution is 2.12. The topological polar surface area (TPSA) is 78.9 Å². The number of carboxylic acid groups (broad SMARTS) is 1. The maximum absolute atomic E-state index is 11.9. The lowest BCUT2D eigenvalue weighted by Crippen LogP contribution is -2.46. The third-order valence-corrected chi connectivity index (χ3v) is 2.93. The Hall–Kier alpha value is -2.24. The Morgan fingerprint density at radius 1 is 1.35 bits per heavy atom. The van der Waals surface area contributed by atoms with Crippen LogP contribution in [0.3, 0.4) is 0 Å². The molecule has 6 heteroatoms. The van der Waals surface area contributed by atoms with E-state index in [1.54, 1.807) is 21.1 Å². The number of carbonyl (C=O) groups excluding carboxylic acids is 1. The van der Waals surface area contributed by atoms with Gasteiger partial charge in [0, 0.05) is 13.6 Å². The Bertz CT molecular complexity index is 459. The number of nitrogens with one attached hydrogen (secondary N) is 1. The van der Waals surface area contributed by atoms with Crippen LogP contribution in [0.1, 0.15) is 18.9 Å².